The quantitative estimate of drug-likeness (QED) is 0.911. The highest BCUT2D eigenvalue weighted by Crippen LogP contribution is 2.30. The zero-order valence-electron chi connectivity index (χ0n) is 13.1. The number of carbonyl (C=O) groups is 1. The highest BCUT2D eigenvalue weighted by Gasteiger charge is 2.36. The molecule has 1 heterocycles. The fraction of sp³-hybridized carbons (Fsp3) is 0.562. The molecule has 1 saturated heterocycles. The van der Waals surface area contributed by atoms with Gasteiger partial charge in [0.15, 0.2) is 0 Å². The summed E-state index contributed by atoms with van der Waals surface area (Å²) in [7, 11) is 0. The van der Waals surface area contributed by atoms with Gasteiger partial charge in [0.2, 0.25) is 0 Å². The van der Waals surface area contributed by atoms with E-state index < -0.39 is 18.1 Å². The number of ether oxygens (including phenoxy) is 1. The first-order valence-electron chi connectivity index (χ1n) is 7.29. The Labute approximate surface area is 129 Å². The molecule has 1 amide bonds. The van der Waals surface area contributed by atoms with Crippen molar-refractivity contribution in [2.75, 3.05) is 13.1 Å². The molecule has 1 aromatic rings. The topological polar surface area (TPSA) is 55.6 Å². The average molecular weight is 312 g/mol. The number of nitrogens with two attached hydrogens (primary N) is 1. The van der Waals surface area contributed by atoms with E-state index in [9.17, 15) is 13.6 Å². The minimum atomic E-state index is -2.51. The number of hydrogen-bond donors (Lipinski definition) is 1. The maximum Gasteiger partial charge on any atom is 0.410 e. The third-order valence-corrected chi connectivity index (χ3v) is 3.61. The number of rotatable bonds is 2. The van der Waals surface area contributed by atoms with Crippen LogP contribution in [0.4, 0.5) is 13.6 Å². The first kappa shape index (κ1) is 16.7. The Morgan fingerprint density at radius 1 is 1.36 bits per heavy atom. The molecule has 0 saturated carbocycles. The lowest BCUT2D eigenvalue weighted by Gasteiger charge is -2.24. The maximum absolute atomic E-state index is 12.8. The number of benzene rings is 1. The van der Waals surface area contributed by atoms with E-state index in [4.69, 9.17) is 10.5 Å². The number of nitrogens with zero attached hydrogens (tertiary/aromatic N) is 1. The van der Waals surface area contributed by atoms with E-state index in [-0.39, 0.29) is 17.5 Å². The first-order valence-corrected chi connectivity index (χ1v) is 7.29. The lowest BCUT2D eigenvalue weighted by Crippen LogP contribution is -2.36. The number of likely N-dealkylation sites (tertiary alicyclic amines) is 1. The van der Waals surface area contributed by atoms with E-state index in [0.29, 0.717) is 13.1 Å². The van der Waals surface area contributed by atoms with Crippen molar-refractivity contribution in [3.05, 3.63) is 35.4 Å². The molecule has 0 aromatic heterocycles. The molecule has 2 rings (SSSR count). The van der Waals surface area contributed by atoms with Gasteiger partial charge in [0.1, 0.15) is 5.60 Å². The molecule has 2 unspecified atom stereocenters. The van der Waals surface area contributed by atoms with Crippen molar-refractivity contribution < 1.29 is 18.3 Å². The molecule has 2 N–H and O–H groups in total. The normalized spacial score (nSPS) is 22.2. The van der Waals surface area contributed by atoms with E-state index in [1.54, 1.807) is 32.9 Å². The van der Waals surface area contributed by atoms with Crippen LogP contribution in [-0.2, 0) is 4.74 Å². The Bertz CT molecular complexity index is 543. The van der Waals surface area contributed by atoms with Crippen molar-refractivity contribution in [2.45, 2.75) is 44.8 Å². The van der Waals surface area contributed by atoms with Crippen molar-refractivity contribution in [3.63, 3.8) is 0 Å². The average Bonchev–Trinajstić information content (AvgIpc) is 2.79. The van der Waals surface area contributed by atoms with Gasteiger partial charge in [-0.3, -0.25) is 0 Å². The third-order valence-electron chi connectivity index (χ3n) is 3.61. The van der Waals surface area contributed by atoms with Crippen molar-refractivity contribution >= 4 is 6.09 Å². The summed E-state index contributed by atoms with van der Waals surface area (Å²) in [5.41, 5.74) is 6.22. The summed E-state index contributed by atoms with van der Waals surface area (Å²) in [4.78, 5) is 13.6. The second-order valence-electron chi connectivity index (χ2n) is 6.63. The molecule has 1 aliphatic rings. The van der Waals surface area contributed by atoms with E-state index in [1.807, 2.05) is 0 Å². The van der Waals surface area contributed by atoms with Gasteiger partial charge >= 0.3 is 6.09 Å². The third kappa shape index (κ3) is 3.94. The van der Waals surface area contributed by atoms with Gasteiger partial charge < -0.3 is 15.4 Å². The molecule has 22 heavy (non-hydrogen) atoms. The maximum atomic E-state index is 12.8. The van der Waals surface area contributed by atoms with Gasteiger partial charge in [-0.05, 0) is 32.4 Å². The second-order valence-corrected chi connectivity index (χ2v) is 6.63. The van der Waals surface area contributed by atoms with Crippen molar-refractivity contribution in [1.82, 2.24) is 4.90 Å². The summed E-state index contributed by atoms with van der Waals surface area (Å²) in [5, 5.41) is 0. The molecule has 4 nitrogen and oxygen atoms in total. The summed E-state index contributed by atoms with van der Waals surface area (Å²) in [6.45, 7) is 6.13. The van der Waals surface area contributed by atoms with Gasteiger partial charge in [-0.15, -0.1) is 0 Å². The fourth-order valence-corrected chi connectivity index (χ4v) is 2.58. The van der Waals surface area contributed by atoms with Crippen LogP contribution in [0.5, 0.6) is 0 Å². The highest BCUT2D eigenvalue weighted by atomic mass is 19.3. The van der Waals surface area contributed by atoms with Gasteiger partial charge in [0, 0.05) is 30.6 Å². The molecule has 1 aliphatic heterocycles. The van der Waals surface area contributed by atoms with Gasteiger partial charge in [-0.1, -0.05) is 18.2 Å². The van der Waals surface area contributed by atoms with E-state index >= 15 is 0 Å². The van der Waals surface area contributed by atoms with Crippen LogP contribution in [0.15, 0.2) is 24.3 Å². The minimum Gasteiger partial charge on any atom is -0.444 e. The SMILES string of the molecule is CC(C)(C)OC(=O)N1CC(N)C(c2cccc(C(F)F)c2)C1. The van der Waals surface area contributed by atoms with E-state index in [1.165, 1.54) is 17.0 Å². The number of carbonyl (C=O) groups excluding carboxylic acids is 1. The Hall–Kier alpha value is -1.69. The molecule has 122 valence electrons. The number of halogens is 2. The Kier molecular flexibility index (Phi) is 4.70. The molecule has 1 fully saturated rings. The number of alkyl halides is 2. The van der Waals surface area contributed by atoms with Crippen molar-refractivity contribution in [2.24, 2.45) is 5.73 Å². The largest absolute Gasteiger partial charge is 0.444 e. The summed E-state index contributed by atoms with van der Waals surface area (Å²) in [6.07, 6.45) is -2.94. The lowest BCUT2D eigenvalue weighted by atomic mass is 9.93. The molecule has 0 aliphatic carbocycles. The predicted molar refractivity (Wildman–Crippen MR) is 79.9 cm³/mol. The fourth-order valence-electron chi connectivity index (χ4n) is 2.58. The number of hydrogen-bond acceptors (Lipinski definition) is 3. The second kappa shape index (κ2) is 6.20. The zero-order valence-corrected chi connectivity index (χ0v) is 13.1. The van der Waals surface area contributed by atoms with Gasteiger partial charge in [-0.2, -0.15) is 0 Å². The lowest BCUT2D eigenvalue weighted by molar-refractivity contribution is 0.0290. The number of amides is 1. The van der Waals surface area contributed by atoms with Crippen molar-refractivity contribution in [1.29, 1.82) is 0 Å². The summed E-state index contributed by atoms with van der Waals surface area (Å²) in [6, 6.07) is 5.93. The zero-order chi connectivity index (χ0) is 16.5. The predicted octanol–water partition coefficient (Wildman–Crippen LogP) is 3.29. The molecule has 0 radical (unpaired) electrons. The van der Waals surface area contributed by atoms with Crippen LogP contribution >= 0.6 is 0 Å². The molecule has 6 heteroatoms. The van der Waals surface area contributed by atoms with E-state index in [2.05, 4.69) is 0 Å². The van der Waals surface area contributed by atoms with Crippen LogP contribution in [0.25, 0.3) is 0 Å². The van der Waals surface area contributed by atoms with Crippen LogP contribution in [0.2, 0.25) is 0 Å². The van der Waals surface area contributed by atoms with Crippen LogP contribution in [0.1, 0.15) is 44.2 Å². The molecule has 0 bridgehead atoms. The minimum absolute atomic E-state index is 0.0274. The molecule has 0 spiro atoms. The summed E-state index contributed by atoms with van der Waals surface area (Å²) >= 11 is 0. The van der Waals surface area contributed by atoms with Crippen LogP contribution in [-0.4, -0.2) is 35.7 Å². The molecule has 1 aromatic carbocycles. The summed E-state index contributed by atoms with van der Waals surface area (Å²) < 4.78 is 30.9. The van der Waals surface area contributed by atoms with Gasteiger partial charge in [0.05, 0.1) is 0 Å². The monoisotopic (exact) mass is 312 g/mol. The van der Waals surface area contributed by atoms with Gasteiger partial charge in [-0.25, -0.2) is 13.6 Å². The standard InChI is InChI=1S/C16H22F2N2O2/c1-16(2,3)22-15(21)20-8-12(13(19)9-20)10-5-4-6-11(7-10)14(17)18/h4-7,12-14H,8-9,19H2,1-3H3. The summed E-state index contributed by atoms with van der Waals surface area (Å²) in [5.74, 6) is -0.161. The van der Waals surface area contributed by atoms with Crippen LogP contribution in [0.3, 0.4) is 0 Å². The molecular weight excluding hydrogens is 290 g/mol. The van der Waals surface area contributed by atoms with E-state index in [0.717, 1.165) is 5.56 Å². The smallest absolute Gasteiger partial charge is 0.410 e. The highest BCUT2D eigenvalue weighted by molar-refractivity contribution is 5.69. The Balaban J connectivity index is 2.11. The first-order chi connectivity index (χ1) is 10.2. The Morgan fingerprint density at radius 3 is 2.64 bits per heavy atom. The Morgan fingerprint density at radius 2 is 2.05 bits per heavy atom. The molecule has 2 atom stereocenters. The van der Waals surface area contributed by atoms with Crippen molar-refractivity contribution in [3.8, 4) is 0 Å². The molecular formula is C16H22F2N2O2. The van der Waals surface area contributed by atoms with Crippen LogP contribution < -0.4 is 5.73 Å². The van der Waals surface area contributed by atoms with Crippen LogP contribution in [0, 0.1) is 0 Å². The van der Waals surface area contributed by atoms with Gasteiger partial charge in [0.25, 0.3) is 6.43 Å².